The summed E-state index contributed by atoms with van der Waals surface area (Å²) in [6, 6.07) is 2.86. The summed E-state index contributed by atoms with van der Waals surface area (Å²) < 4.78 is 26.8. The Morgan fingerprint density at radius 1 is 1.41 bits per heavy atom. The van der Waals surface area contributed by atoms with Crippen molar-refractivity contribution in [3.63, 3.8) is 0 Å². The molecule has 0 aromatic carbocycles. The van der Waals surface area contributed by atoms with Crippen molar-refractivity contribution < 1.29 is 13.5 Å². The third kappa shape index (κ3) is 3.77. The summed E-state index contributed by atoms with van der Waals surface area (Å²) in [5.41, 5.74) is 0. The molecule has 0 aliphatic carbocycles. The smallest absolute Gasteiger partial charge is 0.250 e. The Morgan fingerprint density at radius 2 is 2.06 bits per heavy atom. The summed E-state index contributed by atoms with van der Waals surface area (Å²) in [6.07, 6.45) is 1.68. The molecule has 0 amide bonds. The summed E-state index contributed by atoms with van der Waals surface area (Å²) in [7, 11) is -3.48. The number of hydrogen-bond donors (Lipinski definition) is 2. The number of nitrogens with one attached hydrogen (secondary N) is 1. The lowest BCUT2D eigenvalue weighted by molar-refractivity contribution is 0.209. The van der Waals surface area contributed by atoms with Crippen LogP contribution in [0.3, 0.4) is 0 Å². The molecule has 0 radical (unpaired) electrons. The van der Waals surface area contributed by atoms with Gasteiger partial charge in [-0.05, 0) is 17.4 Å². The van der Waals surface area contributed by atoms with Gasteiger partial charge >= 0.3 is 0 Å². The first-order chi connectivity index (χ1) is 8.05. The first-order valence-electron chi connectivity index (χ1n) is 5.71. The van der Waals surface area contributed by atoms with E-state index in [9.17, 15) is 13.5 Å². The maximum absolute atomic E-state index is 12.0. The van der Waals surface area contributed by atoms with Gasteiger partial charge in [0.15, 0.2) is 0 Å². The molecule has 0 spiro atoms. The molecule has 4 nitrogen and oxygen atoms in total. The van der Waals surface area contributed by atoms with Crippen molar-refractivity contribution in [1.82, 2.24) is 4.72 Å². The second-order valence-corrected chi connectivity index (χ2v) is 6.81. The van der Waals surface area contributed by atoms with Crippen LogP contribution in [-0.4, -0.2) is 26.2 Å². The van der Waals surface area contributed by atoms with Crippen LogP contribution in [0, 0.1) is 5.92 Å². The lowest BCUT2D eigenvalue weighted by Gasteiger charge is -2.23. The Balaban J connectivity index is 2.81. The minimum atomic E-state index is -3.48. The molecular weight excluding hydrogens is 258 g/mol. The Labute approximate surface area is 107 Å². The van der Waals surface area contributed by atoms with E-state index in [1.807, 2.05) is 13.8 Å². The molecule has 0 bridgehead atoms. The highest BCUT2D eigenvalue weighted by Crippen LogP contribution is 2.19. The molecule has 1 heterocycles. The third-order valence-electron chi connectivity index (χ3n) is 2.88. The molecule has 6 heteroatoms. The standard InChI is InChI=1S/C11H19NO3S2/c1-3-9(4-2)10(8-13)12-17(14,15)11-6-5-7-16-11/h5-7,9-10,12-13H,3-4,8H2,1-2H3. The lowest BCUT2D eigenvalue weighted by atomic mass is 9.96. The molecule has 1 aromatic rings. The fraction of sp³-hybridized carbons (Fsp3) is 0.636. The van der Waals surface area contributed by atoms with Crippen molar-refractivity contribution in [2.45, 2.75) is 36.9 Å². The van der Waals surface area contributed by atoms with E-state index in [0.29, 0.717) is 4.21 Å². The van der Waals surface area contributed by atoms with E-state index < -0.39 is 16.1 Å². The van der Waals surface area contributed by atoms with Gasteiger partial charge in [-0.2, -0.15) is 0 Å². The van der Waals surface area contributed by atoms with E-state index in [1.165, 1.54) is 11.3 Å². The molecule has 0 aliphatic heterocycles. The molecule has 0 aliphatic rings. The maximum atomic E-state index is 12.0. The normalized spacial score (nSPS) is 14.1. The fourth-order valence-electron chi connectivity index (χ4n) is 1.81. The molecule has 1 aromatic heterocycles. The van der Waals surface area contributed by atoms with E-state index in [2.05, 4.69) is 4.72 Å². The molecule has 2 N–H and O–H groups in total. The number of hydrogen-bond acceptors (Lipinski definition) is 4. The Morgan fingerprint density at radius 3 is 2.47 bits per heavy atom. The first kappa shape index (κ1) is 14.6. The van der Waals surface area contributed by atoms with E-state index in [0.717, 1.165) is 12.8 Å². The van der Waals surface area contributed by atoms with Gasteiger partial charge < -0.3 is 5.11 Å². The SMILES string of the molecule is CCC(CC)C(CO)NS(=O)(=O)c1cccs1. The van der Waals surface area contributed by atoms with Gasteiger partial charge in [-0.25, -0.2) is 13.1 Å². The lowest BCUT2D eigenvalue weighted by Crippen LogP contribution is -2.42. The van der Waals surface area contributed by atoms with Crippen LogP contribution in [0.15, 0.2) is 21.7 Å². The second-order valence-electron chi connectivity index (χ2n) is 3.92. The zero-order valence-electron chi connectivity index (χ0n) is 10.1. The summed E-state index contributed by atoms with van der Waals surface area (Å²) in [4.78, 5) is 0. The van der Waals surface area contributed by atoms with E-state index in [1.54, 1.807) is 17.5 Å². The van der Waals surface area contributed by atoms with Crippen molar-refractivity contribution in [2.75, 3.05) is 6.61 Å². The maximum Gasteiger partial charge on any atom is 0.250 e. The van der Waals surface area contributed by atoms with Gasteiger partial charge in [0, 0.05) is 6.04 Å². The molecule has 0 saturated carbocycles. The molecule has 0 fully saturated rings. The number of rotatable bonds is 7. The minimum Gasteiger partial charge on any atom is -0.395 e. The summed E-state index contributed by atoms with van der Waals surface area (Å²) >= 11 is 1.18. The number of aliphatic hydroxyl groups is 1. The van der Waals surface area contributed by atoms with Gasteiger partial charge in [-0.1, -0.05) is 32.8 Å². The van der Waals surface area contributed by atoms with E-state index >= 15 is 0 Å². The fourth-order valence-corrected chi connectivity index (χ4v) is 4.12. The highest BCUT2D eigenvalue weighted by molar-refractivity contribution is 7.91. The Kier molecular flexibility index (Phi) is 5.58. The van der Waals surface area contributed by atoms with Gasteiger partial charge in [-0.15, -0.1) is 11.3 Å². The average molecular weight is 277 g/mol. The zero-order chi connectivity index (χ0) is 12.9. The molecule has 98 valence electrons. The Bertz CT molecular complexity index is 410. The van der Waals surface area contributed by atoms with Crippen LogP contribution in [-0.2, 0) is 10.0 Å². The number of aliphatic hydroxyl groups excluding tert-OH is 1. The predicted molar refractivity (Wildman–Crippen MR) is 69.6 cm³/mol. The molecule has 17 heavy (non-hydrogen) atoms. The van der Waals surface area contributed by atoms with Crippen LogP contribution < -0.4 is 4.72 Å². The van der Waals surface area contributed by atoms with Crippen LogP contribution in [0.5, 0.6) is 0 Å². The van der Waals surface area contributed by atoms with Gasteiger partial charge in [0.25, 0.3) is 0 Å². The summed E-state index contributed by atoms with van der Waals surface area (Å²) in [5.74, 6) is 0.162. The predicted octanol–water partition coefficient (Wildman–Crippen LogP) is 1.82. The van der Waals surface area contributed by atoms with E-state index in [4.69, 9.17) is 0 Å². The van der Waals surface area contributed by atoms with Crippen LogP contribution in [0.25, 0.3) is 0 Å². The van der Waals surface area contributed by atoms with Gasteiger partial charge in [0.2, 0.25) is 10.0 Å². The van der Waals surface area contributed by atoms with Gasteiger partial charge in [-0.3, -0.25) is 0 Å². The van der Waals surface area contributed by atoms with Crippen LogP contribution in [0.1, 0.15) is 26.7 Å². The Hall–Kier alpha value is -0.430. The highest BCUT2D eigenvalue weighted by atomic mass is 32.2. The van der Waals surface area contributed by atoms with Crippen molar-refractivity contribution in [3.05, 3.63) is 17.5 Å². The van der Waals surface area contributed by atoms with Crippen molar-refractivity contribution in [1.29, 1.82) is 0 Å². The topological polar surface area (TPSA) is 66.4 Å². The van der Waals surface area contributed by atoms with Crippen LogP contribution >= 0.6 is 11.3 Å². The molecule has 1 rings (SSSR count). The quantitative estimate of drug-likeness (QED) is 0.799. The summed E-state index contributed by atoms with van der Waals surface area (Å²) in [5, 5.41) is 11.0. The van der Waals surface area contributed by atoms with Crippen molar-refractivity contribution >= 4 is 21.4 Å². The van der Waals surface area contributed by atoms with Crippen LogP contribution in [0.4, 0.5) is 0 Å². The minimum absolute atomic E-state index is 0.162. The molecule has 0 saturated heterocycles. The third-order valence-corrected chi connectivity index (χ3v) is 5.77. The average Bonchev–Trinajstić information content (AvgIpc) is 2.83. The monoisotopic (exact) mass is 277 g/mol. The van der Waals surface area contributed by atoms with Crippen LogP contribution in [0.2, 0.25) is 0 Å². The largest absolute Gasteiger partial charge is 0.395 e. The number of thiophene rings is 1. The van der Waals surface area contributed by atoms with Crippen molar-refractivity contribution in [3.8, 4) is 0 Å². The molecule has 1 unspecified atom stereocenters. The number of sulfonamides is 1. The van der Waals surface area contributed by atoms with Gasteiger partial charge in [0.1, 0.15) is 4.21 Å². The van der Waals surface area contributed by atoms with Crippen molar-refractivity contribution in [2.24, 2.45) is 5.92 Å². The zero-order valence-corrected chi connectivity index (χ0v) is 11.7. The molecular formula is C11H19NO3S2. The summed E-state index contributed by atoms with van der Waals surface area (Å²) in [6.45, 7) is 3.82. The first-order valence-corrected chi connectivity index (χ1v) is 8.08. The van der Waals surface area contributed by atoms with E-state index in [-0.39, 0.29) is 12.5 Å². The second kappa shape index (κ2) is 6.49. The van der Waals surface area contributed by atoms with Gasteiger partial charge in [0.05, 0.1) is 6.61 Å². The highest BCUT2D eigenvalue weighted by Gasteiger charge is 2.25. The molecule has 1 atom stereocenters.